The number of halogens is 2. The lowest BCUT2D eigenvalue weighted by molar-refractivity contribution is 0.234. The molecule has 2 atom stereocenters. The van der Waals surface area contributed by atoms with Crippen molar-refractivity contribution in [1.82, 2.24) is 10.2 Å². The lowest BCUT2D eigenvalue weighted by Crippen LogP contribution is -2.33. The van der Waals surface area contributed by atoms with Gasteiger partial charge in [-0.3, -0.25) is 0 Å². The van der Waals surface area contributed by atoms with Crippen molar-refractivity contribution >= 4 is 23.2 Å². The van der Waals surface area contributed by atoms with Crippen LogP contribution in [0.3, 0.4) is 0 Å². The average Bonchev–Trinajstić information content (AvgIpc) is 2.94. The van der Waals surface area contributed by atoms with Gasteiger partial charge in [0.1, 0.15) is 0 Å². The molecule has 0 aromatic heterocycles. The second kappa shape index (κ2) is 8.38. The van der Waals surface area contributed by atoms with Crippen LogP contribution >= 0.6 is 23.2 Å². The van der Waals surface area contributed by atoms with Crippen molar-refractivity contribution in [2.45, 2.75) is 51.6 Å². The summed E-state index contributed by atoms with van der Waals surface area (Å²) in [7, 11) is 0. The van der Waals surface area contributed by atoms with Gasteiger partial charge in [0.25, 0.3) is 0 Å². The highest BCUT2D eigenvalue weighted by atomic mass is 35.5. The summed E-state index contributed by atoms with van der Waals surface area (Å²) in [6.07, 6.45) is 5.01. The van der Waals surface area contributed by atoms with Crippen molar-refractivity contribution in [3.8, 4) is 0 Å². The van der Waals surface area contributed by atoms with E-state index in [-0.39, 0.29) is 6.04 Å². The van der Waals surface area contributed by atoms with Gasteiger partial charge in [0.15, 0.2) is 0 Å². The maximum atomic E-state index is 6.39. The summed E-state index contributed by atoms with van der Waals surface area (Å²) in [5.41, 5.74) is 1.12. The third kappa shape index (κ3) is 4.35. The molecular formula is C17H26Cl2N2. The summed E-state index contributed by atoms with van der Waals surface area (Å²) in [4.78, 5) is 2.63. The minimum absolute atomic E-state index is 0.277. The van der Waals surface area contributed by atoms with Crippen LogP contribution in [-0.4, -0.2) is 30.6 Å². The number of rotatable bonds is 7. The lowest BCUT2D eigenvalue weighted by atomic mass is 10.0. The topological polar surface area (TPSA) is 15.3 Å². The minimum atomic E-state index is 0.277. The van der Waals surface area contributed by atoms with E-state index in [4.69, 9.17) is 23.2 Å². The molecule has 0 aliphatic carbocycles. The summed E-state index contributed by atoms with van der Waals surface area (Å²) in [5, 5.41) is 4.89. The van der Waals surface area contributed by atoms with Gasteiger partial charge in [-0.25, -0.2) is 0 Å². The Morgan fingerprint density at radius 2 is 2.14 bits per heavy atom. The Bertz CT molecular complexity index is 450. The minimum Gasteiger partial charge on any atom is -0.310 e. The van der Waals surface area contributed by atoms with Crippen molar-refractivity contribution in [2.75, 3.05) is 19.6 Å². The molecule has 1 aliphatic rings. The first kappa shape index (κ1) is 17.1. The van der Waals surface area contributed by atoms with E-state index >= 15 is 0 Å². The fourth-order valence-corrected chi connectivity index (χ4v) is 3.79. The highest BCUT2D eigenvalue weighted by Crippen LogP contribution is 2.32. The fraction of sp³-hybridized carbons (Fsp3) is 0.647. The standard InChI is InChI=1S/C17H26Cl2N2/c1-3-13-7-6-11-21(13)12-10-16(20-4-2)14-8-5-9-15(18)17(14)19/h5,8-9,13,16,20H,3-4,6-7,10-12H2,1-2H3. The lowest BCUT2D eigenvalue weighted by Gasteiger charge is -2.27. The number of benzene rings is 1. The molecular weight excluding hydrogens is 303 g/mol. The Kier molecular flexibility index (Phi) is 6.81. The molecule has 2 unspecified atom stereocenters. The van der Waals surface area contributed by atoms with Gasteiger partial charge in [-0.2, -0.15) is 0 Å². The molecule has 1 aromatic carbocycles. The van der Waals surface area contributed by atoms with Gasteiger partial charge < -0.3 is 10.2 Å². The SMILES string of the molecule is CCNC(CCN1CCCC1CC)c1cccc(Cl)c1Cl. The first-order chi connectivity index (χ1) is 10.2. The normalized spacial score (nSPS) is 20.9. The molecule has 0 amide bonds. The van der Waals surface area contributed by atoms with Crippen molar-refractivity contribution in [2.24, 2.45) is 0 Å². The smallest absolute Gasteiger partial charge is 0.0640 e. The largest absolute Gasteiger partial charge is 0.310 e. The quantitative estimate of drug-likeness (QED) is 0.765. The molecule has 2 nitrogen and oxygen atoms in total. The van der Waals surface area contributed by atoms with Crippen LogP contribution in [0.5, 0.6) is 0 Å². The van der Waals surface area contributed by atoms with Gasteiger partial charge in [0.2, 0.25) is 0 Å². The molecule has 0 saturated carbocycles. The van der Waals surface area contributed by atoms with Crippen LogP contribution in [0.2, 0.25) is 10.0 Å². The van der Waals surface area contributed by atoms with E-state index in [0.717, 1.165) is 31.1 Å². The Hall–Kier alpha value is -0.280. The van der Waals surface area contributed by atoms with E-state index in [1.54, 1.807) is 0 Å². The number of nitrogens with zero attached hydrogens (tertiary/aromatic N) is 1. The maximum Gasteiger partial charge on any atom is 0.0640 e. The maximum absolute atomic E-state index is 6.39. The van der Waals surface area contributed by atoms with Crippen molar-refractivity contribution in [1.29, 1.82) is 0 Å². The van der Waals surface area contributed by atoms with E-state index in [2.05, 4.69) is 30.1 Å². The highest BCUT2D eigenvalue weighted by molar-refractivity contribution is 6.42. The highest BCUT2D eigenvalue weighted by Gasteiger charge is 2.24. The second-order valence-electron chi connectivity index (χ2n) is 5.78. The van der Waals surface area contributed by atoms with Gasteiger partial charge in [0.05, 0.1) is 10.0 Å². The number of hydrogen-bond donors (Lipinski definition) is 1. The Morgan fingerprint density at radius 3 is 2.86 bits per heavy atom. The third-order valence-corrected chi connectivity index (χ3v) is 5.32. The summed E-state index contributed by atoms with van der Waals surface area (Å²) >= 11 is 12.6. The Balaban J connectivity index is 2.03. The second-order valence-corrected chi connectivity index (χ2v) is 6.57. The third-order valence-electron chi connectivity index (χ3n) is 4.48. The Labute approximate surface area is 138 Å². The van der Waals surface area contributed by atoms with Gasteiger partial charge in [-0.1, -0.05) is 49.2 Å². The summed E-state index contributed by atoms with van der Waals surface area (Å²) < 4.78 is 0. The molecule has 1 fully saturated rings. The molecule has 1 aromatic rings. The molecule has 0 radical (unpaired) electrons. The van der Waals surface area contributed by atoms with E-state index in [0.29, 0.717) is 10.0 Å². The number of hydrogen-bond acceptors (Lipinski definition) is 2. The predicted octanol–water partition coefficient (Wildman–Crippen LogP) is 4.91. The summed E-state index contributed by atoms with van der Waals surface area (Å²) in [5.74, 6) is 0. The fourth-order valence-electron chi connectivity index (χ4n) is 3.35. The van der Waals surface area contributed by atoms with Crippen LogP contribution in [0, 0.1) is 0 Å². The van der Waals surface area contributed by atoms with Crippen LogP contribution < -0.4 is 5.32 Å². The van der Waals surface area contributed by atoms with E-state index < -0.39 is 0 Å². The molecule has 0 bridgehead atoms. The molecule has 1 N–H and O–H groups in total. The zero-order valence-corrected chi connectivity index (χ0v) is 14.6. The number of nitrogens with one attached hydrogen (secondary N) is 1. The van der Waals surface area contributed by atoms with Gasteiger partial charge in [0, 0.05) is 18.6 Å². The first-order valence-electron chi connectivity index (χ1n) is 8.08. The van der Waals surface area contributed by atoms with Crippen LogP contribution in [0.1, 0.15) is 51.1 Å². The molecule has 4 heteroatoms. The van der Waals surface area contributed by atoms with Crippen LogP contribution in [0.4, 0.5) is 0 Å². The van der Waals surface area contributed by atoms with Crippen LogP contribution in [0.15, 0.2) is 18.2 Å². The van der Waals surface area contributed by atoms with Gasteiger partial charge >= 0.3 is 0 Å². The molecule has 1 saturated heterocycles. The molecule has 118 valence electrons. The zero-order chi connectivity index (χ0) is 15.2. The van der Waals surface area contributed by atoms with E-state index in [1.165, 1.54) is 25.8 Å². The summed E-state index contributed by atoms with van der Waals surface area (Å²) in [6.45, 7) is 7.72. The number of likely N-dealkylation sites (tertiary alicyclic amines) is 1. The van der Waals surface area contributed by atoms with Gasteiger partial charge in [-0.15, -0.1) is 0 Å². The van der Waals surface area contributed by atoms with Crippen LogP contribution in [-0.2, 0) is 0 Å². The van der Waals surface area contributed by atoms with Crippen molar-refractivity contribution < 1.29 is 0 Å². The molecule has 2 rings (SSSR count). The Morgan fingerprint density at radius 1 is 1.33 bits per heavy atom. The van der Waals surface area contributed by atoms with E-state index in [9.17, 15) is 0 Å². The molecule has 21 heavy (non-hydrogen) atoms. The monoisotopic (exact) mass is 328 g/mol. The van der Waals surface area contributed by atoms with E-state index in [1.807, 2.05) is 12.1 Å². The predicted molar refractivity (Wildman–Crippen MR) is 92.4 cm³/mol. The van der Waals surface area contributed by atoms with Crippen LogP contribution in [0.25, 0.3) is 0 Å². The zero-order valence-electron chi connectivity index (χ0n) is 13.0. The first-order valence-corrected chi connectivity index (χ1v) is 8.84. The average molecular weight is 329 g/mol. The molecule has 0 spiro atoms. The van der Waals surface area contributed by atoms with Crippen molar-refractivity contribution in [3.63, 3.8) is 0 Å². The van der Waals surface area contributed by atoms with Gasteiger partial charge in [-0.05, 0) is 50.4 Å². The molecule has 1 heterocycles. The van der Waals surface area contributed by atoms with Crippen molar-refractivity contribution in [3.05, 3.63) is 33.8 Å². The summed E-state index contributed by atoms with van der Waals surface area (Å²) in [6, 6.07) is 6.96. The molecule has 1 aliphatic heterocycles.